The average molecular weight is 285 g/mol. The van der Waals surface area contributed by atoms with E-state index in [1.54, 1.807) is 12.1 Å². The molecule has 0 bridgehead atoms. The van der Waals surface area contributed by atoms with Crippen LogP contribution in [0.15, 0.2) is 30.3 Å². The van der Waals surface area contributed by atoms with E-state index in [0.29, 0.717) is 23.4 Å². The van der Waals surface area contributed by atoms with Crippen molar-refractivity contribution >= 4 is 0 Å². The zero-order valence-electron chi connectivity index (χ0n) is 12.0. The molecule has 0 radical (unpaired) electrons. The van der Waals surface area contributed by atoms with Crippen molar-refractivity contribution in [3.8, 4) is 11.8 Å². The number of aryl methyl sites for hydroxylation is 1. The molecule has 0 amide bonds. The van der Waals surface area contributed by atoms with Gasteiger partial charge in [0.05, 0.1) is 17.3 Å². The lowest BCUT2D eigenvalue weighted by Gasteiger charge is -2.12. The Balaban J connectivity index is 2.15. The molecule has 2 aromatic rings. The molecule has 2 rings (SSSR count). The first kappa shape index (κ1) is 14.9. The van der Waals surface area contributed by atoms with Crippen LogP contribution in [0.3, 0.4) is 0 Å². The second-order valence-corrected chi connectivity index (χ2v) is 4.63. The Morgan fingerprint density at radius 1 is 1.33 bits per heavy atom. The molecule has 0 spiro atoms. The second kappa shape index (κ2) is 6.82. The Morgan fingerprint density at radius 3 is 2.81 bits per heavy atom. The molecule has 5 heteroatoms. The number of nitriles is 1. The summed E-state index contributed by atoms with van der Waals surface area (Å²) >= 11 is 0. The molecule has 1 aromatic carbocycles. The first-order chi connectivity index (χ1) is 10.1. The average Bonchev–Trinajstić information content (AvgIpc) is 2.48. The van der Waals surface area contributed by atoms with E-state index in [1.807, 2.05) is 32.2 Å². The highest BCUT2D eigenvalue weighted by molar-refractivity contribution is 5.33. The Bertz CT molecular complexity index is 680. The van der Waals surface area contributed by atoms with E-state index >= 15 is 0 Å². The molecule has 1 heterocycles. The van der Waals surface area contributed by atoms with E-state index in [9.17, 15) is 4.39 Å². The van der Waals surface area contributed by atoms with Crippen LogP contribution in [-0.2, 0) is 13.2 Å². The molecule has 0 saturated heterocycles. The molecule has 4 nitrogen and oxygen atoms in total. The number of ether oxygens (including phenoxy) is 1. The fourth-order valence-corrected chi connectivity index (χ4v) is 1.91. The predicted molar refractivity (Wildman–Crippen MR) is 77.2 cm³/mol. The Kier molecular flexibility index (Phi) is 4.85. The van der Waals surface area contributed by atoms with Crippen LogP contribution in [-0.4, -0.2) is 12.0 Å². The summed E-state index contributed by atoms with van der Waals surface area (Å²) in [4.78, 5) is 4.40. The van der Waals surface area contributed by atoms with Crippen molar-refractivity contribution in [3.05, 3.63) is 58.7 Å². The number of nitrogens with one attached hydrogen (secondary N) is 1. The molecule has 0 aliphatic rings. The topological polar surface area (TPSA) is 57.9 Å². The third-order valence-corrected chi connectivity index (χ3v) is 2.98. The third-order valence-electron chi connectivity index (χ3n) is 2.98. The van der Waals surface area contributed by atoms with Gasteiger partial charge in [0.25, 0.3) is 0 Å². The Morgan fingerprint density at radius 2 is 2.14 bits per heavy atom. The van der Waals surface area contributed by atoms with Gasteiger partial charge in [-0.3, -0.25) is 4.98 Å². The van der Waals surface area contributed by atoms with Crippen LogP contribution in [0.25, 0.3) is 0 Å². The summed E-state index contributed by atoms with van der Waals surface area (Å²) in [6.45, 7) is 2.58. The number of benzene rings is 1. The largest absolute Gasteiger partial charge is 0.487 e. The normalized spacial score (nSPS) is 10.2. The van der Waals surface area contributed by atoms with Crippen LogP contribution < -0.4 is 10.1 Å². The van der Waals surface area contributed by atoms with E-state index in [4.69, 9.17) is 10.00 Å². The van der Waals surface area contributed by atoms with Crippen LogP contribution in [0.5, 0.6) is 5.75 Å². The lowest BCUT2D eigenvalue weighted by molar-refractivity contribution is 0.294. The van der Waals surface area contributed by atoms with E-state index in [-0.39, 0.29) is 6.61 Å². The molecule has 0 saturated carbocycles. The first-order valence-electron chi connectivity index (χ1n) is 6.56. The fourth-order valence-electron chi connectivity index (χ4n) is 1.91. The summed E-state index contributed by atoms with van der Waals surface area (Å²) in [5.74, 6) is 0.183. The molecule has 0 aliphatic heterocycles. The minimum absolute atomic E-state index is 0.0962. The van der Waals surface area contributed by atoms with Gasteiger partial charge in [-0.25, -0.2) is 4.39 Å². The monoisotopic (exact) mass is 285 g/mol. The molecular weight excluding hydrogens is 269 g/mol. The Hall–Kier alpha value is -2.45. The molecule has 0 aliphatic carbocycles. The van der Waals surface area contributed by atoms with Gasteiger partial charge in [-0.2, -0.15) is 5.26 Å². The lowest BCUT2D eigenvalue weighted by atomic mass is 10.1. The standard InChI is InChI=1S/C16H16FN3O/c1-11-3-6-16(15(20-11)9-19-2)21-10-13-5-4-12(8-18)7-14(13)17/h3-7,19H,9-10H2,1-2H3. The van der Waals surface area contributed by atoms with E-state index < -0.39 is 5.82 Å². The number of halogens is 1. The van der Waals surface area contributed by atoms with Gasteiger partial charge in [0.2, 0.25) is 0 Å². The van der Waals surface area contributed by atoms with E-state index in [1.165, 1.54) is 6.07 Å². The summed E-state index contributed by atoms with van der Waals surface area (Å²) in [5.41, 5.74) is 2.39. The van der Waals surface area contributed by atoms with Crippen LogP contribution in [0.2, 0.25) is 0 Å². The van der Waals surface area contributed by atoms with Crippen molar-refractivity contribution in [3.63, 3.8) is 0 Å². The van der Waals surface area contributed by atoms with Crippen LogP contribution >= 0.6 is 0 Å². The van der Waals surface area contributed by atoms with Crippen LogP contribution in [0.1, 0.15) is 22.5 Å². The van der Waals surface area contributed by atoms with Gasteiger partial charge >= 0.3 is 0 Å². The highest BCUT2D eigenvalue weighted by Crippen LogP contribution is 2.19. The highest BCUT2D eigenvalue weighted by atomic mass is 19.1. The predicted octanol–water partition coefficient (Wildman–Crippen LogP) is 2.70. The van der Waals surface area contributed by atoms with Crippen molar-refractivity contribution in [1.29, 1.82) is 5.26 Å². The van der Waals surface area contributed by atoms with Gasteiger partial charge in [-0.15, -0.1) is 0 Å². The van der Waals surface area contributed by atoms with Gasteiger partial charge in [0, 0.05) is 17.8 Å². The lowest BCUT2D eigenvalue weighted by Crippen LogP contribution is -2.10. The number of nitrogens with zero attached hydrogens (tertiary/aromatic N) is 2. The minimum Gasteiger partial charge on any atom is -0.487 e. The molecule has 0 atom stereocenters. The molecule has 1 aromatic heterocycles. The maximum Gasteiger partial charge on any atom is 0.142 e. The zero-order valence-corrected chi connectivity index (χ0v) is 12.0. The number of pyridine rings is 1. The molecule has 108 valence electrons. The minimum atomic E-state index is -0.440. The van der Waals surface area contributed by atoms with Gasteiger partial charge in [0.1, 0.15) is 18.2 Å². The molecule has 0 fully saturated rings. The summed E-state index contributed by atoms with van der Waals surface area (Å²) in [5, 5.41) is 11.7. The van der Waals surface area contributed by atoms with Crippen molar-refractivity contribution in [2.24, 2.45) is 0 Å². The van der Waals surface area contributed by atoms with Crippen molar-refractivity contribution in [2.45, 2.75) is 20.1 Å². The SMILES string of the molecule is CNCc1nc(C)ccc1OCc1ccc(C#N)cc1F. The number of hydrogen-bond donors (Lipinski definition) is 1. The third kappa shape index (κ3) is 3.77. The first-order valence-corrected chi connectivity index (χ1v) is 6.56. The van der Waals surface area contributed by atoms with Crippen LogP contribution in [0, 0.1) is 24.1 Å². The van der Waals surface area contributed by atoms with Gasteiger partial charge in [0.15, 0.2) is 0 Å². The molecule has 21 heavy (non-hydrogen) atoms. The van der Waals surface area contributed by atoms with Crippen molar-refractivity contribution in [1.82, 2.24) is 10.3 Å². The highest BCUT2D eigenvalue weighted by Gasteiger charge is 2.08. The van der Waals surface area contributed by atoms with Gasteiger partial charge in [-0.1, -0.05) is 6.07 Å². The van der Waals surface area contributed by atoms with E-state index in [2.05, 4.69) is 10.3 Å². The fraction of sp³-hybridized carbons (Fsp3) is 0.250. The number of hydrogen-bond acceptors (Lipinski definition) is 4. The maximum atomic E-state index is 13.8. The van der Waals surface area contributed by atoms with Gasteiger partial charge in [-0.05, 0) is 38.2 Å². The summed E-state index contributed by atoms with van der Waals surface area (Å²) < 4.78 is 19.5. The summed E-state index contributed by atoms with van der Waals surface area (Å²) in [6.07, 6.45) is 0. The Labute approximate surface area is 123 Å². The molecule has 1 N–H and O–H groups in total. The molecular formula is C16H16FN3O. The number of aromatic nitrogens is 1. The summed E-state index contributed by atoms with van der Waals surface area (Å²) in [6, 6.07) is 9.93. The summed E-state index contributed by atoms with van der Waals surface area (Å²) in [7, 11) is 1.83. The quantitative estimate of drug-likeness (QED) is 0.917. The van der Waals surface area contributed by atoms with Crippen LogP contribution in [0.4, 0.5) is 4.39 Å². The number of rotatable bonds is 5. The van der Waals surface area contributed by atoms with Gasteiger partial charge < -0.3 is 10.1 Å². The maximum absolute atomic E-state index is 13.8. The zero-order chi connectivity index (χ0) is 15.2. The smallest absolute Gasteiger partial charge is 0.142 e. The van der Waals surface area contributed by atoms with Crippen molar-refractivity contribution in [2.75, 3.05) is 7.05 Å². The molecule has 0 unspecified atom stereocenters. The van der Waals surface area contributed by atoms with E-state index in [0.717, 1.165) is 11.4 Å². The van der Waals surface area contributed by atoms with Crippen molar-refractivity contribution < 1.29 is 9.13 Å². The second-order valence-electron chi connectivity index (χ2n) is 4.63.